The van der Waals surface area contributed by atoms with Crippen LogP contribution in [-0.2, 0) is 4.74 Å². The molecule has 1 heterocycles. The Hall–Kier alpha value is -0.820. The highest BCUT2D eigenvalue weighted by atomic mass is 35.5. The minimum Gasteiger partial charge on any atom is -0.394 e. The third kappa shape index (κ3) is 3.85. The molecule has 0 spiro atoms. The van der Waals surface area contributed by atoms with Crippen molar-refractivity contribution in [1.82, 2.24) is 9.55 Å². The van der Waals surface area contributed by atoms with E-state index in [1.165, 1.54) is 12.3 Å². The zero-order valence-electron chi connectivity index (χ0n) is 8.81. The van der Waals surface area contributed by atoms with Crippen LogP contribution in [0, 0.1) is 0 Å². The summed E-state index contributed by atoms with van der Waals surface area (Å²) in [5.74, 6) is 0.0569. The van der Waals surface area contributed by atoms with Gasteiger partial charge in [0, 0.05) is 12.3 Å². The smallest absolute Gasteiger partial charge is 0.330 e. The fourth-order valence-corrected chi connectivity index (χ4v) is 1.57. The van der Waals surface area contributed by atoms with Crippen molar-refractivity contribution in [2.45, 2.75) is 12.3 Å². The van der Waals surface area contributed by atoms with Gasteiger partial charge < -0.3 is 9.84 Å². The molecule has 0 amide bonds. The third-order valence-electron chi connectivity index (χ3n) is 2.02. The van der Waals surface area contributed by atoms with Gasteiger partial charge in [-0.15, -0.1) is 23.2 Å². The molecule has 0 aliphatic rings. The maximum absolute atomic E-state index is 11.5. The van der Waals surface area contributed by atoms with Crippen molar-refractivity contribution < 1.29 is 9.84 Å². The molecule has 0 unspecified atom stereocenters. The number of aromatic nitrogens is 2. The first-order valence-electron chi connectivity index (χ1n) is 4.82. The van der Waals surface area contributed by atoms with Gasteiger partial charge in [0.1, 0.15) is 0 Å². The molecule has 0 fully saturated rings. The molecule has 0 saturated carbocycles. The van der Waals surface area contributed by atoms with Gasteiger partial charge in [0.25, 0.3) is 5.56 Å². The summed E-state index contributed by atoms with van der Waals surface area (Å²) in [7, 11) is 0. The number of ether oxygens (including phenoxy) is 1. The van der Waals surface area contributed by atoms with Crippen LogP contribution in [0.1, 0.15) is 6.23 Å². The van der Waals surface area contributed by atoms with Gasteiger partial charge in [0.15, 0.2) is 6.23 Å². The quantitative estimate of drug-likeness (QED) is 0.713. The van der Waals surface area contributed by atoms with E-state index in [0.717, 1.165) is 4.57 Å². The Labute approximate surface area is 107 Å². The predicted molar refractivity (Wildman–Crippen MR) is 63.8 cm³/mol. The summed E-state index contributed by atoms with van der Waals surface area (Å²) in [6, 6.07) is 1.18. The van der Waals surface area contributed by atoms with E-state index in [1.54, 1.807) is 0 Å². The van der Waals surface area contributed by atoms with Crippen molar-refractivity contribution in [3.05, 3.63) is 33.1 Å². The Morgan fingerprint density at radius 3 is 2.59 bits per heavy atom. The number of rotatable bonds is 6. The Morgan fingerprint density at radius 1 is 1.41 bits per heavy atom. The van der Waals surface area contributed by atoms with Crippen LogP contribution in [0.3, 0.4) is 0 Å². The maximum Gasteiger partial charge on any atom is 0.330 e. The molecule has 8 heteroatoms. The summed E-state index contributed by atoms with van der Waals surface area (Å²) in [5, 5.41) is 8.93. The molecular formula is C9H12Cl2N2O4. The molecule has 1 rings (SSSR count). The van der Waals surface area contributed by atoms with Crippen molar-refractivity contribution in [2.24, 2.45) is 0 Å². The largest absolute Gasteiger partial charge is 0.394 e. The van der Waals surface area contributed by atoms with Gasteiger partial charge in [-0.3, -0.25) is 14.3 Å². The van der Waals surface area contributed by atoms with E-state index in [0.29, 0.717) is 0 Å². The summed E-state index contributed by atoms with van der Waals surface area (Å²) >= 11 is 11.2. The number of aromatic amines is 1. The Kier molecular flexibility index (Phi) is 5.70. The second-order valence-electron chi connectivity index (χ2n) is 3.22. The molecule has 0 radical (unpaired) electrons. The summed E-state index contributed by atoms with van der Waals surface area (Å²) in [6.07, 6.45) is -0.146. The van der Waals surface area contributed by atoms with E-state index in [4.69, 9.17) is 33.0 Å². The molecule has 1 aromatic rings. The fraction of sp³-hybridized carbons (Fsp3) is 0.556. The topological polar surface area (TPSA) is 84.3 Å². The minimum absolute atomic E-state index is 0.0145. The van der Waals surface area contributed by atoms with E-state index >= 15 is 0 Å². The number of hydrogen-bond acceptors (Lipinski definition) is 4. The highest BCUT2D eigenvalue weighted by Gasteiger charge is 2.17. The summed E-state index contributed by atoms with van der Waals surface area (Å²) in [5.41, 5.74) is -1.13. The van der Waals surface area contributed by atoms with Crippen LogP contribution in [0.15, 0.2) is 21.9 Å². The second kappa shape index (κ2) is 6.80. The standard InChI is InChI=1S/C9H12Cl2N2O4/c10-3-6(5-14)17-8(4-11)13-2-1-7(15)12-9(13)16/h1-2,6,8,14H,3-5H2,(H,12,15,16)/t6-,8+/m0/s1. The van der Waals surface area contributed by atoms with Gasteiger partial charge in [0.2, 0.25) is 0 Å². The van der Waals surface area contributed by atoms with Gasteiger partial charge in [-0.2, -0.15) is 0 Å². The number of H-pyrrole nitrogens is 1. The predicted octanol–water partition coefficient (Wildman–Crippen LogP) is -0.110. The van der Waals surface area contributed by atoms with Crippen molar-refractivity contribution >= 4 is 23.2 Å². The zero-order valence-corrected chi connectivity index (χ0v) is 10.3. The molecule has 0 aliphatic carbocycles. The molecule has 17 heavy (non-hydrogen) atoms. The van der Waals surface area contributed by atoms with E-state index in [2.05, 4.69) is 4.98 Å². The summed E-state index contributed by atoms with van der Waals surface area (Å²) in [4.78, 5) is 24.4. The average molecular weight is 283 g/mol. The fourth-order valence-electron chi connectivity index (χ4n) is 1.18. The van der Waals surface area contributed by atoms with Crippen LogP contribution < -0.4 is 11.2 Å². The van der Waals surface area contributed by atoms with E-state index in [-0.39, 0.29) is 18.4 Å². The molecule has 0 saturated heterocycles. The SMILES string of the molecule is O=c1ccn([C@@H](CCl)O[C@H](CO)CCl)c(=O)[nH]1. The normalized spacial score (nSPS) is 14.5. The van der Waals surface area contributed by atoms with Crippen molar-refractivity contribution in [2.75, 3.05) is 18.4 Å². The Bertz CT molecular complexity index is 455. The Balaban J connectivity index is 2.93. The molecule has 0 bridgehead atoms. The van der Waals surface area contributed by atoms with Crippen LogP contribution >= 0.6 is 23.2 Å². The number of alkyl halides is 2. The first-order valence-corrected chi connectivity index (χ1v) is 5.89. The second-order valence-corrected chi connectivity index (χ2v) is 3.84. The molecule has 2 N–H and O–H groups in total. The number of hydrogen-bond donors (Lipinski definition) is 2. The zero-order chi connectivity index (χ0) is 12.8. The molecule has 96 valence electrons. The number of aliphatic hydroxyl groups is 1. The van der Waals surface area contributed by atoms with Crippen molar-refractivity contribution in [3.8, 4) is 0 Å². The van der Waals surface area contributed by atoms with Gasteiger partial charge in [-0.25, -0.2) is 4.79 Å². The number of aliphatic hydroxyl groups excluding tert-OH is 1. The highest BCUT2D eigenvalue weighted by molar-refractivity contribution is 6.18. The van der Waals surface area contributed by atoms with E-state index in [1.807, 2.05) is 0 Å². The summed E-state index contributed by atoms with van der Waals surface area (Å²) in [6.45, 7) is -0.283. The monoisotopic (exact) mass is 282 g/mol. The molecule has 2 atom stereocenters. The lowest BCUT2D eigenvalue weighted by atomic mass is 10.4. The lowest BCUT2D eigenvalue weighted by Gasteiger charge is -2.21. The van der Waals surface area contributed by atoms with Gasteiger partial charge in [-0.1, -0.05) is 0 Å². The minimum atomic E-state index is -0.795. The van der Waals surface area contributed by atoms with Crippen molar-refractivity contribution in [3.63, 3.8) is 0 Å². The van der Waals surface area contributed by atoms with Crippen LogP contribution in [-0.4, -0.2) is 39.1 Å². The number of nitrogens with zero attached hydrogens (tertiary/aromatic N) is 1. The Morgan fingerprint density at radius 2 is 2.12 bits per heavy atom. The molecule has 0 aromatic carbocycles. The number of nitrogens with one attached hydrogen (secondary N) is 1. The van der Waals surface area contributed by atoms with Gasteiger partial charge >= 0.3 is 5.69 Å². The molecule has 0 aliphatic heterocycles. The van der Waals surface area contributed by atoms with Crippen LogP contribution in [0.4, 0.5) is 0 Å². The highest BCUT2D eigenvalue weighted by Crippen LogP contribution is 2.11. The van der Waals surface area contributed by atoms with Crippen molar-refractivity contribution in [1.29, 1.82) is 0 Å². The van der Waals surface area contributed by atoms with Gasteiger partial charge in [-0.05, 0) is 0 Å². The maximum atomic E-state index is 11.5. The first-order chi connectivity index (χ1) is 8.12. The lowest BCUT2D eigenvalue weighted by Crippen LogP contribution is -2.36. The van der Waals surface area contributed by atoms with E-state index < -0.39 is 23.6 Å². The van der Waals surface area contributed by atoms with E-state index in [9.17, 15) is 9.59 Å². The average Bonchev–Trinajstić information content (AvgIpc) is 2.32. The molecular weight excluding hydrogens is 271 g/mol. The number of halogens is 2. The lowest BCUT2D eigenvalue weighted by molar-refractivity contribution is -0.0544. The van der Waals surface area contributed by atoms with Crippen LogP contribution in [0.5, 0.6) is 0 Å². The molecule has 6 nitrogen and oxygen atoms in total. The van der Waals surface area contributed by atoms with Crippen LogP contribution in [0.2, 0.25) is 0 Å². The van der Waals surface area contributed by atoms with Crippen LogP contribution in [0.25, 0.3) is 0 Å². The third-order valence-corrected chi connectivity index (χ3v) is 2.63. The molecule has 1 aromatic heterocycles. The van der Waals surface area contributed by atoms with Gasteiger partial charge in [0.05, 0.1) is 24.5 Å². The summed E-state index contributed by atoms with van der Waals surface area (Å²) < 4.78 is 6.46. The first kappa shape index (κ1) is 14.2.